The lowest BCUT2D eigenvalue weighted by atomic mass is 9.94. The van der Waals surface area contributed by atoms with Gasteiger partial charge in [-0.25, -0.2) is 0 Å². The smallest absolute Gasteiger partial charge is 0.406 e. The molecule has 0 aliphatic heterocycles. The fourth-order valence-electron chi connectivity index (χ4n) is 2.46. The number of rotatable bonds is 6. The first kappa shape index (κ1) is 19.4. The van der Waals surface area contributed by atoms with E-state index in [0.717, 1.165) is 12.1 Å². The van der Waals surface area contributed by atoms with E-state index in [2.05, 4.69) is 10.1 Å². The number of ether oxygens (including phenoxy) is 1. The number of thiophene rings is 2. The van der Waals surface area contributed by atoms with Crippen LogP contribution in [0.2, 0.25) is 0 Å². The van der Waals surface area contributed by atoms with E-state index >= 15 is 0 Å². The molecule has 3 rings (SSSR count). The van der Waals surface area contributed by atoms with E-state index in [1.165, 1.54) is 34.8 Å². The molecule has 0 fully saturated rings. The van der Waals surface area contributed by atoms with Crippen LogP contribution in [0.25, 0.3) is 0 Å². The number of carbonyl (C=O) groups is 1. The third-order valence-electron chi connectivity index (χ3n) is 3.78. The molecule has 0 bridgehead atoms. The number of carbonyl (C=O) groups excluding carboxylic acids is 1. The molecule has 2 aromatic heterocycles. The van der Waals surface area contributed by atoms with Gasteiger partial charge < -0.3 is 15.2 Å². The highest BCUT2D eigenvalue weighted by atomic mass is 32.1. The van der Waals surface area contributed by atoms with Crippen LogP contribution >= 0.6 is 22.7 Å². The molecule has 0 aliphatic rings. The van der Waals surface area contributed by atoms with Gasteiger partial charge in [-0.1, -0.05) is 6.07 Å². The second kappa shape index (κ2) is 7.71. The van der Waals surface area contributed by atoms with Crippen LogP contribution in [-0.2, 0) is 5.60 Å². The van der Waals surface area contributed by atoms with E-state index in [-0.39, 0.29) is 12.1 Å². The lowest BCUT2D eigenvalue weighted by Gasteiger charge is -2.27. The van der Waals surface area contributed by atoms with Crippen molar-refractivity contribution in [1.29, 1.82) is 0 Å². The van der Waals surface area contributed by atoms with Crippen molar-refractivity contribution in [1.82, 2.24) is 5.32 Å². The summed E-state index contributed by atoms with van der Waals surface area (Å²) in [6.07, 6.45) is -4.79. The van der Waals surface area contributed by atoms with Crippen LogP contribution in [0.3, 0.4) is 0 Å². The first-order valence-corrected chi connectivity index (χ1v) is 9.53. The van der Waals surface area contributed by atoms with Crippen molar-refractivity contribution >= 4 is 28.6 Å². The first-order chi connectivity index (χ1) is 12.8. The number of nitrogens with one attached hydrogen (secondary N) is 1. The van der Waals surface area contributed by atoms with Crippen LogP contribution in [0, 0.1) is 0 Å². The monoisotopic (exact) mass is 413 g/mol. The van der Waals surface area contributed by atoms with Gasteiger partial charge in [-0.2, -0.15) is 11.3 Å². The maximum Gasteiger partial charge on any atom is 0.573 e. The van der Waals surface area contributed by atoms with Gasteiger partial charge in [0.05, 0.1) is 6.54 Å². The molecule has 0 aliphatic carbocycles. The number of hydrogen-bond donors (Lipinski definition) is 2. The van der Waals surface area contributed by atoms with Gasteiger partial charge in [-0.05, 0) is 52.5 Å². The molecular weight excluding hydrogens is 399 g/mol. The Hall–Kier alpha value is -2.36. The zero-order chi connectivity index (χ0) is 19.5. The molecule has 0 saturated carbocycles. The largest absolute Gasteiger partial charge is 0.573 e. The quantitative estimate of drug-likeness (QED) is 0.631. The molecule has 1 amide bonds. The normalized spacial score (nSPS) is 13.8. The third-order valence-corrected chi connectivity index (χ3v) is 5.49. The molecule has 2 N–H and O–H groups in total. The number of alkyl halides is 3. The zero-order valence-electron chi connectivity index (χ0n) is 13.7. The van der Waals surface area contributed by atoms with Crippen molar-refractivity contribution < 1.29 is 27.8 Å². The molecule has 1 aromatic carbocycles. The van der Waals surface area contributed by atoms with Gasteiger partial charge >= 0.3 is 6.36 Å². The second-order valence-corrected chi connectivity index (χ2v) is 7.33. The summed E-state index contributed by atoms with van der Waals surface area (Å²) in [6.45, 7) is -0.0795. The van der Waals surface area contributed by atoms with E-state index in [1.54, 1.807) is 23.6 Å². The maximum atomic E-state index is 12.3. The van der Waals surface area contributed by atoms with Crippen LogP contribution in [0.5, 0.6) is 5.75 Å². The number of hydrogen-bond acceptors (Lipinski definition) is 5. The molecule has 1 atom stereocenters. The Morgan fingerprint density at radius 1 is 1.11 bits per heavy atom. The Labute approximate surface area is 160 Å². The minimum atomic E-state index is -4.79. The summed E-state index contributed by atoms with van der Waals surface area (Å²) in [4.78, 5) is 13.0. The predicted octanol–water partition coefficient (Wildman–Crippen LogP) is 4.37. The number of amides is 1. The van der Waals surface area contributed by atoms with Crippen molar-refractivity contribution in [3.8, 4) is 5.75 Å². The van der Waals surface area contributed by atoms with Crippen LogP contribution in [0.4, 0.5) is 13.2 Å². The molecule has 2 heterocycles. The van der Waals surface area contributed by atoms with Gasteiger partial charge in [-0.15, -0.1) is 24.5 Å². The van der Waals surface area contributed by atoms with E-state index in [0.29, 0.717) is 10.4 Å². The van der Waals surface area contributed by atoms with Crippen molar-refractivity contribution in [3.63, 3.8) is 0 Å². The Kier molecular flexibility index (Phi) is 5.54. The summed E-state index contributed by atoms with van der Waals surface area (Å²) in [5, 5.41) is 19.3. The van der Waals surface area contributed by atoms with Gasteiger partial charge in [-0.3, -0.25) is 4.79 Å². The van der Waals surface area contributed by atoms with Crippen molar-refractivity contribution in [2.24, 2.45) is 0 Å². The lowest BCUT2D eigenvalue weighted by Crippen LogP contribution is -2.41. The Balaban J connectivity index is 1.72. The molecule has 0 unspecified atom stereocenters. The average molecular weight is 413 g/mol. The van der Waals surface area contributed by atoms with E-state index in [1.807, 2.05) is 10.8 Å². The number of halogens is 3. The molecule has 9 heteroatoms. The highest BCUT2D eigenvalue weighted by Gasteiger charge is 2.34. The Morgan fingerprint density at radius 3 is 2.41 bits per heavy atom. The predicted molar refractivity (Wildman–Crippen MR) is 97.1 cm³/mol. The van der Waals surface area contributed by atoms with Gasteiger partial charge in [0.25, 0.3) is 5.91 Å². The highest BCUT2D eigenvalue weighted by Crippen LogP contribution is 2.33. The standard InChI is InChI=1S/C18H14F3NO3S2/c19-18(20,21)25-14-5-3-12(4-6-14)16(23)22-11-17(24,13-7-9-26-10-13)15-2-1-8-27-15/h1-10,24H,11H2,(H,22,23)/t17-/m0/s1. The fourth-order valence-corrected chi connectivity index (χ4v) is 4.03. The van der Waals surface area contributed by atoms with Crippen LogP contribution < -0.4 is 10.1 Å². The van der Waals surface area contributed by atoms with Crippen molar-refractivity contribution in [2.45, 2.75) is 12.0 Å². The summed E-state index contributed by atoms with van der Waals surface area (Å²) in [5.74, 6) is -0.925. The molecule has 0 radical (unpaired) electrons. The SMILES string of the molecule is O=C(NC[C@](O)(c1ccsc1)c1cccs1)c1ccc(OC(F)(F)F)cc1. The molecule has 27 heavy (non-hydrogen) atoms. The molecule has 0 saturated heterocycles. The Morgan fingerprint density at radius 2 is 1.85 bits per heavy atom. The zero-order valence-corrected chi connectivity index (χ0v) is 15.3. The van der Waals surface area contributed by atoms with E-state index < -0.39 is 23.6 Å². The van der Waals surface area contributed by atoms with Crippen molar-refractivity contribution in [3.05, 3.63) is 74.6 Å². The van der Waals surface area contributed by atoms with Crippen LogP contribution in [0.1, 0.15) is 20.8 Å². The number of aliphatic hydroxyl groups is 1. The van der Waals surface area contributed by atoms with Crippen LogP contribution in [0.15, 0.2) is 58.6 Å². The molecular formula is C18H14F3NO3S2. The molecule has 142 valence electrons. The van der Waals surface area contributed by atoms with E-state index in [9.17, 15) is 23.1 Å². The fraction of sp³-hybridized carbons (Fsp3) is 0.167. The van der Waals surface area contributed by atoms with Gasteiger partial charge in [0, 0.05) is 16.0 Å². The minimum Gasteiger partial charge on any atom is -0.406 e. The summed E-state index contributed by atoms with van der Waals surface area (Å²) < 4.78 is 40.4. The highest BCUT2D eigenvalue weighted by molar-refractivity contribution is 7.10. The topological polar surface area (TPSA) is 58.6 Å². The molecule has 3 aromatic rings. The average Bonchev–Trinajstić information content (AvgIpc) is 3.32. The second-order valence-electron chi connectivity index (χ2n) is 5.60. The lowest BCUT2D eigenvalue weighted by molar-refractivity contribution is -0.274. The minimum absolute atomic E-state index is 0.0795. The summed E-state index contributed by atoms with van der Waals surface area (Å²) >= 11 is 2.79. The molecule has 0 spiro atoms. The van der Waals surface area contributed by atoms with Gasteiger partial charge in [0.15, 0.2) is 0 Å². The third kappa shape index (κ3) is 4.68. The van der Waals surface area contributed by atoms with Gasteiger partial charge in [0.1, 0.15) is 11.4 Å². The van der Waals surface area contributed by atoms with E-state index in [4.69, 9.17) is 0 Å². The summed E-state index contributed by atoms with van der Waals surface area (Å²) in [7, 11) is 0. The maximum absolute atomic E-state index is 12.3. The summed E-state index contributed by atoms with van der Waals surface area (Å²) in [5.41, 5.74) is -0.573. The number of benzene rings is 1. The summed E-state index contributed by atoms with van der Waals surface area (Å²) in [6, 6.07) is 9.94. The van der Waals surface area contributed by atoms with Gasteiger partial charge in [0.2, 0.25) is 0 Å². The van der Waals surface area contributed by atoms with Crippen LogP contribution in [-0.4, -0.2) is 23.9 Å². The van der Waals surface area contributed by atoms with Crippen molar-refractivity contribution in [2.75, 3.05) is 6.54 Å². The first-order valence-electron chi connectivity index (χ1n) is 7.71. The molecule has 4 nitrogen and oxygen atoms in total. The Bertz CT molecular complexity index is 841.